The van der Waals surface area contributed by atoms with Crippen LogP contribution < -0.4 is 4.74 Å². The van der Waals surface area contributed by atoms with Crippen LogP contribution in [0.4, 0.5) is 0 Å². The second kappa shape index (κ2) is 7.81. The standard InChI is InChI=1S/C19H27N3O2/c1-14-3-4-19(15(2)9-14)24-13-18(23)12-22-7-5-16(6-8-22)17-10-20-21-11-17/h3-4,9-11,16,18,23H,5-8,12-13H2,1-2H3,(H,20,21)/t18-/m1/s1. The van der Waals surface area contributed by atoms with Gasteiger partial charge in [0.05, 0.1) is 6.20 Å². The molecule has 1 saturated heterocycles. The highest BCUT2D eigenvalue weighted by molar-refractivity contribution is 5.35. The third kappa shape index (κ3) is 4.36. The van der Waals surface area contributed by atoms with Crippen LogP contribution in [0.1, 0.15) is 35.4 Å². The van der Waals surface area contributed by atoms with E-state index in [0.717, 1.165) is 37.2 Å². The lowest BCUT2D eigenvalue weighted by Crippen LogP contribution is -2.40. The number of nitrogens with one attached hydrogen (secondary N) is 1. The molecule has 2 aromatic rings. The maximum Gasteiger partial charge on any atom is 0.122 e. The Balaban J connectivity index is 1.42. The number of H-pyrrole nitrogens is 1. The predicted molar refractivity (Wildman–Crippen MR) is 94.4 cm³/mol. The van der Waals surface area contributed by atoms with Gasteiger partial charge in [0.15, 0.2) is 0 Å². The van der Waals surface area contributed by atoms with Crippen molar-refractivity contribution in [3.05, 3.63) is 47.3 Å². The van der Waals surface area contributed by atoms with Gasteiger partial charge < -0.3 is 14.7 Å². The number of nitrogens with zero attached hydrogens (tertiary/aromatic N) is 2. The Labute approximate surface area is 143 Å². The third-order valence-electron chi connectivity index (χ3n) is 4.81. The molecule has 0 radical (unpaired) electrons. The summed E-state index contributed by atoms with van der Waals surface area (Å²) in [7, 11) is 0. The fourth-order valence-electron chi connectivity index (χ4n) is 3.43. The number of rotatable bonds is 6. The van der Waals surface area contributed by atoms with Crippen molar-refractivity contribution < 1.29 is 9.84 Å². The second-order valence-electron chi connectivity index (χ2n) is 6.84. The molecule has 2 heterocycles. The molecule has 3 rings (SSSR count). The normalized spacial score (nSPS) is 17.8. The number of benzene rings is 1. The fraction of sp³-hybridized carbons (Fsp3) is 0.526. The molecule has 0 spiro atoms. The van der Waals surface area contributed by atoms with Crippen LogP contribution in [0.25, 0.3) is 0 Å². The molecule has 0 saturated carbocycles. The van der Waals surface area contributed by atoms with E-state index in [-0.39, 0.29) is 0 Å². The molecule has 1 aromatic carbocycles. The lowest BCUT2D eigenvalue weighted by Gasteiger charge is -2.32. The summed E-state index contributed by atoms with van der Waals surface area (Å²) in [5.74, 6) is 1.45. The van der Waals surface area contributed by atoms with Crippen LogP contribution >= 0.6 is 0 Å². The topological polar surface area (TPSA) is 61.4 Å². The molecule has 130 valence electrons. The van der Waals surface area contributed by atoms with E-state index in [2.05, 4.69) is 28.1 Å². The highest BCUT2D eigenvalue weighted by Crippen LogP contribution is 2.27. The summed E-state index contributed by atoms with van der Waals surface area (Å²) in [4.78, 5) is 2.33. The number of aliphatic hydroxyl groups is 1. The number of aromatic amines is 1. The van der Waals surface area contributed by atoms with Gasteiger partial charge in [0.2, 0.25) is 0 Å². The van der Waals surface area contributed by atoms with Gasteiger partial charge in [-0.3, -0.25) is 5.10 Å². The van der Waals surface area contributed by atoms with Gasteiger partial charge in [-0.15, -0.1) is 0 Å². The molecule has 1 aromatic heterocycles. The number of hydrogen-bond acceptors (Lipinski definition) is 4. The molecule has 0 bridgehead atoms. The zero-order valence-corrected chi connectivity index (χ0v) is 14.5. The van der Waals surface area contributed by atoms with Crippen LogP contribution in [0.5, 0.6) is 5.75 Å². The predicted octanol–water partition coefficient (Wildman–Crippen LogP) is 2.65. The van der Waals surface area contributed by atoms with E-state index >= 15 is 0 Å². The van der Waals surface area contributed by atoms with Gasteiger partial charge in [-0.2, -0.15) is 5.10 Å². The van der Waals surface area contributed by atoms with Crippen molar-refractivity contribution in [3.8, 4) is 5.75 Å². The van der Waals surface area contributed by atoms with Gasteiger partial charge in [0, 0.05) is 12.7 Å². The Bertz CT molecular complexity index is 634. The monoisotopic (exact) mass is 329 g/mol. The molecule has 24 heavy (non-hydrogen) atoms. The summed E-state index contributed by atoms with van der Waals surface area (Å²) >= 11 is 0. The molecule has 1 atom stereocenters. The van der Waals surface area contributed by atoms with Crippen molar-refractivity contribution in [2.75, 3.05) is 26.2 Å². The molecular weight excluding hydrogens is 302 g/mol. The Hall–Kier alpha value is -1.85. The first kappa shape index (κ1) is 17.0. The number of β-amino-alcohol motifs (C(OH)–C–C–N with tert-alkyl or cyclic N) is 1. The van der Waals surface area contributed by atoms with E-state index in [1.54, 1.807) is 0 Å². The lowest BCUT2D eigenvalue weighted by atomic mass is 9.91. The largest absolute Gasteiger partial charge is 0.491 e. The zero-order chi connectivity index (χ0) is 16.9. The third-order valence-corrected chi connectivity index (χ3v) is 4.81. The van der Waals surface area contributed by atoms with Crippen LogP contribution in [0.2, 0.25) is 0 Å². The van der Waals surface area contributed by atoms with Crippen molar-refractivity contribution in [2.24, 2.45) is 0 Å². The van der Waals surface area contributed by atoms with E-state index in [9.17, 15) is 5.11 Å². The number of ether oxygens (including phenoxy) is 1. The van der Waals surface area contributed by atoms with Gasteiger partial charge in [-0.1, -0.05) is 17.7 Å². The SMILES string of the molecule is Cc1ccc(OC[C@H](O)CN2CCC(c3cn[nH]c3)CC2)c(C)c1. The Morgan fingerprint density at radius 1 is 1.33 bits per heavy atom. The van der Waals surface area contributed by atoms with E-state index in [4.69, 9.17) is 4.74 Å². The highest BCUT2D eigenvalue weighted by atomic mass is 16.5. The molecule has 0 unspecified atom stereocenters. The molecule has 0 aliphatic carbocycles. The number of hydrogen-bond donors (Lipinski definition) is 2. The number of piperidine rings is 1. The minimum Gasteiger partial charge on any atom is -0.491 e. The Kier molecular flexibility index (Phi) is 5.53. The number of likely N-dealkylation sites (tertiary alicyclic amines) is 1. The average Bonchev–Trinajstić information content (AvgIpc) is 3.09. The van der Waals surface area contributed by atoms with Gasteiger partial charge in [-0.05, 0) is 62.9 Å². The first-order valence-electron chi connectivity index (χ1n) is 8.71. The molecule has 5 nitrogen and oxygen atoms in total. The van der Waals surface area contributed by atoms with Crippen molar-refractivity contribution in [3.63, 3.8) is 0 Å². The van der Waals surface area contributed by atoms with E-state index in [1.165, 1.54) is 11.1 Å². The lowest BCUT2D eigenvalue weighted by molar-refractivity contribution is 0.0592. The van der Waals surface area contributed by atoms with Crippen molar-refractivity contribution in [1.82, 2.24) is 15.1 Å². The molecule has 1 aliphatic heterocycles. The van der Waals surface area contributed by atoms with Gasteiger partial charge >= 0.3 is 0 Å². The summed E-state index contributed by atoms with van der Waals surface area (Å²) in [5, 5.41) is 17.2. The minimum atomic E-state index is -0.462. The fourth-order valence-corrected chi connectivity index (χ4v) is 3.43. The van der Waals surface area contributed by atoms with Crippen LogP contribution in [0, 0.1) is 13.8 Å². The summed E-state index contributed by atoms with van der Waals surface area (Å²) in [6.07, 6.45) is 5.69. The summed E-state index contributed by atoms with van der Waals surface area (Å²) in [6, 6.07) is 6.12. The molecule has 1 aliphatic rings. The van der Waals surface area contributed by atoms with Gasteiger partial charge in [0.25, 0.3) is 0 Å². The van der Waals surface area contributed by atoms with Crippen molar-refractivity contribution >= 4 is 0 Å². The molecule has 5 heteroatoms. The first-order valence-corrected chi connectivity index (χ1v) is 8.71. The van der Waals surface area contributed by atoms with Gasteiger partial charge in [0.1, 0.15) is 18.5 Å². The van der Waals surface area contributed by atoms with Crippen molar-refractivity contribution in [2.45, 2.75) is 38.7 Å². The number of aryl methyl sites for hydroxylation is 2. The van der Waals surface area contributed by atoms with E-state index < -0.39 is 6.10 Å². The Morgan fingerprint density at radius 3 is 2.79 bits per heavy atom. The first-order chi connectivity index (χ1) is 11.6. The van der Waals surface area contributed by atoms with E-state index in [0.29, 0.717) is 19.1 Å². The van der Waals surface area contributed by atoms with Crippen LogP contribution in [-0.2, 0) is 0 Å². The molecule has 1 fully saturated rings. The number of aromatic nitrogens is 2. The molecular formula is C19H27N3O2. The smallest absolute Gasteiger partial charge is 0.122 e. The van der Waals surface area contributed by atoms with Gasteiger partial charge in [-0.25, -0.2) is 0 Å². The molecule has 0 amide bonds. The van der Waals surface area contributed by atoms with E-state index in [1.807, 2.05) is 31.5 Å². The minimum absolute atomic E-state index is 0.339. The maximum atomic E-state index is 10.3. The summed E-state index contributed by atoms with van der Waals surface area (Å²) in [5.41, 5.74) is 3.64. The zero-order valence-electron chi connectivity index (χ0n) is 14.5. The second-order valence-corrected chi connectivity index (χ2v) is 6.84. The number of aliphatic hydroxyl groups excluding tert-OH is 1. The highest BCUT2D eigenvalue weighted by Gasteiger charge is 2.22. The van der Waals surface area contributed by atoms with Crippen LogP contribution in [-0.4, -0.2) is 52.5 Å². The average molecular weight is 329 g/mol. The summed E-state index contributed by atoms with van der Waals surface area (Å²) in [6.45, 7) is 7.13. The van der Waals surface area contributed by atoms with Crippen molar-refractivity contribution in [1.29, 1.82) is 0 Å². The quantitative estimate of drug-likeness (QED) is 0.855. The van der Waals surface area contributed by atoms with Crippen LogP contribution in [0.15, 0.2) is 30.6 Å². The summed E-state index contributed by atoms with van der Waals surface area (Å²) < 4.78 is 5.79. The maximum absolute atomic E-state index is 10.3. The van der Waals surface area contributed by atoms with Crippen LogP contribution in [0.3, 0.4) is 0 Å². The Morgan fingerprint density at radius 2 is 2.12 bits per heavy atom. The molecule has 2 N–H and O–H groups in total.